The molecule has 1 amide bonds. The van der Waals surface area contributed by atoms with Crippen molar-refractivity contribution in [2.75, 3.05) is 12.8 Å². The molecule has 2 aromatic carbocycles. The van der Waals surface area contributed by atoms with E-state index in [0.29, 0.717) is 16.3 Å². The Bertz CT molecular complexity index is 968. The molecule has 0 spiro atoms. The summed E-state index contributed by atoms with van der Waals surface area (Å²) in [7, 11) is 1.26. The van der Waals surface area contributed by atoms with Crippen LogP contribution in [0.15, 0.2) is 59.2 Å². The smallest absolute Gasteiger partial charge is 0.328 e. The van der Waals surface area contributed by atoms with E-state index in [9.17, 15) is 9.59 Å². The van der Waals surface area contributed by atoms with Crippen LogP contribution in [0.4, 0.5) is 5.69 Å². The van der Waals surface area contributed by atoms with Crippen LogP contribution >= 0.6 is 11.6 Å². The van der Waals surface area contributed by atoms with Crippen LogP contribution < -0.4 is 11.1 Å². The number of nitrogens with one attached hydrogen (secondary N) is 1. The number of aromatic nitrogens is 1. The number of rotatable bonds is 6. The molecule has 0 aliphatic carbocycles. The number of oxazole rings is 1. The van der Waals surface area contributed by atoms with Gasteiger partial charge in [-0.25, -0.2) is 9.78 Å². The van der Waals surface area contributed by atoms with Crippen LogP contribution in [0.5, 0.6) is 0 Å². The zero-order valence-electron chi connectivity index (χ0n) is 15.0. The molecular formula is C20H18ClN3O4. The fourth-order valence-electron chi connectivity index (χ4n) is 2.56. The van der Waals surface area contributed by atoms with Gasteiger partial charge in [-0.1, -0.05) is 23.7 Å². The van der Waals surface area contributed by atoms with E-state index in [1.54, 1.807) is 48.5 Å². The summed E-state index contributed by atoms with van der Waals surface area (Å²) in [6.45, 7) is 0. The van der Waals surface area contributed by atoms with Gasteiger partial charge in [0, 0.05) is 22.7 Å². The van der Waals surface area contributed by atoms with Crippen molar-refractivity contribution < 1.29 is 18.7 Å². The first-order chi connectivity index (χ1) is 13.5. The highest BCUT2D eigenvalue weighted by Crippen LogP contribution is 2.20. The van der Waals surface area contributed by atoms with Crippen LogP contribution in [0.3, 0.4) is 0 Å². The minimum atomic E-state index is -0.879. The Hall–Kier alpha value is -3.32. The number of hydrogen-bond acceptors (Lipinski definition) is 6. The molecule has 1 unspecified atom stereocenters. The second-order valence-corrected chi connectivity index (χ2v) is 6.48. The maximum atomic E-state index is 12.5. The van der Waals surface area contributed by atoms with Crippen molar-refractivity contribution in [3.63, 3.8) is 0 Å². The molecule has 0 radical (unpaired) electrons. The van der Waals surface area contributed by atoms with Crippen molar-refractivity contribution in [1.82, 2.24) is 10.3 Å². The van der Waals surface area contributed by atoms with Crippen molar-refractivity contribution >= 4 is 29.2 Å². The summed E-state index contributed by atoms with van der Waals surface area (Å²) in [6, 6.07) is 13.0. The molecule has 0 saturated heterocycles. The average Bonchev–Trinajstić information content (AvgIpc) is 3.19. The number of anilines is 1. The number of methoxy groups -OCH3 is 1. The maximum Gasteiger partial charge on any atom is 0.328 e. The Kier molecular flexibility index (Phi) is 5.96. The second kappa shape index (κ2) is 8.58. The number of carbonyl (C=O) groups excluding carboxylic acids is 2. The molecule has 1 aromatic heterocycles. The van der Waals surface area contributed by atoms with Crippen molar-refractivity contribution in [2.45, 2.75) is 12.5 Å². The summed E-state index contributed by atoms with van der Waals surface area (Å²) in [4.78, 5) is 28.8. The van der Waals surface area contributed by atoms with Crippen LogP contribution in [-0.2, 0) is 16.0 Å². The van der Waals surface area contributed by atoms with Gasteiger partial charge in [0.15, 0.2) is 5.69 Å². The third kappa shape index (κ3) is 4.69. The number of hydrogen-bond donors (Lipinski definition) is 2. The van der Waals surface area contributed by atoms with Crippen molar-refractivity contribution in [1.29, 1.82) is 0 Å². The predicted molar refractivity (Wildman–Crippen MR) is 105 cm³/mol. The third-order valence-electron chi connectivity index (χ3n) is 4.04. The Morgan fingerprint density at radius 1 is 1.18 bits per heavy atom. The molecule has 0 fully saturated rings. The van der Waals surface area contributed by atoms with E-state index in [1.165, 1.54) is 13.4 Å². The number of ether oxygens (including phenoxy) is 1. The van der Waals surface area contributed by atoms with Crippen molar-refractivity contribution in [3.8, 4) is 11.5 Å². The first kappa shape index (κ1) is 19.4. The lowest BCUT2D eigenvalue weighted by Gasteiger charge is -2.16. The lowest BCUT2D eigenvalue weighted by Crippen LogP contribution is -2.43. The summed E-state index contributed by atoms with van der Waals surface area (Å²) in [5.41, 5.74) is 7.82. The van der Waals surface area contributed by atoms with Gasteiger partial charge >= 0.3 is 5.97 Å². The third-order valence-corrected chi connectivity index (χ3v) is 4.29. The molecule has 7 nitrogen and oxygen atoms in total. The highest BCUT2D eigenvalue weighted by atomic mass is 35.5. The molecule has 0 bridgehead atoms. The van der Waals surface area contributed by atoms with Crippen LogP contribution in [0.1, 0.15) is 16.1 Å². The predicted octanol–water partition coefficient (Wildman–Crippen LogP) is 3.09. The van der Waals surface area contributed by atoms with E-state index >= 15 is 0 Å². The van der Waals surface area contributed by atoms with E-state index in [2.05, 4.69) is 10.3 Å². The van der Waals surface area contributed by atoms with E-state index in [-0.39, 0.29) is 18.0 Å². The molecule has 3 aromatic rings. The minimum absolute atomic E-state index is 0.0526. The van der Waals surface area contributed by atoms with Gasteiger partial charge in [-0.15, -0.1) is 0 Å². The molecule has 8 heteroatoms. The average molecular weight is 400 g/mol. The largest absolute Gasteiger partial charge is 0.467 e. The summed E-state index contributed by atoms with van der Waals surface area (Å²) in [5.74, 6) is -0.835. The van der Waals surface area contributed by atoms with Crippen molar-refractivity contribution in [3.05, 3.63) is 71.1 Å². The standard InChI is InChI=1S/C20H18ClN3O4/c1-27-20(26)16(10-12-2-6-14(21)7-3-12)23-18(25)17-11-28-19(24-17)13-4-8-15(22)9-5-13/h2-9,11,16H,10,22H2,1H3,(H,23,25). The topological polar surface area (TPSA) is 107 Å². The number of esters is 1. The Morgan fingerprint density at radius 2 is 1.86 bits per heavy atom. The summed E-state index contributed by atoms with van der Waals surface area (Å²) < 4.78 is 10.2. The molecule has 1 heterocycles. The minimum Gasteiger partial charge on any atom is -0.467 e. The number of nitrogen functional groups attached to an aromatic ring is 1. The summed E-state index contributed by atoms with van der Waals surface area (Å²) in [6.07, 6.45) is 1.48. The van der Waals surface area contributed by atoms with Crippen LogP contribution in [0.25, 0.3) is 11.5 Å². The molecule has 1 atom stereocenters. The number of halogens is 1. The van der Waals surface area contributed by atoms with Gasteiger partial charge in [-0.05, 0) is 42.0 Å². The molecular weight excluding hydrogens is 382 g/mol. The highest BCUT2D eigenvalue weighted by molar-refractivity contribution is 6.30. The normalized spacial score (nSPS) is 11.6. The van der Waals surface area contributed by atoms with Gasteiger partial charge < -0.3 is 20.2 Å². The number of nitrogens with zero attached hydrogens (tertiary/aromatic N) is 1. The fraction of sp³-hybridized carbons (Fsp3) is 0.150. The number of benzene rings is 2. The molecule has 3 N–H and O–H groups in total. The number of amides is 1. The quantitative estimate of drug-likeness (QED) is 0.487. The lowest BCUT2D eigenvalue weighted by molar-refractivity contribution is -0.142. The summed E-state index contributed by atoms with van der Waals surface area (Å²) in [5, 5.41) is 3.22. The zero-order valence-corrected chi connectivity index (χ0v) is 15.8. The molecule has 0 aliphatic heterocycles. The lowest BCUT2D eigenvalue weighted by atomic mass is 10.1. The highest BCUT2D eigenvalue weighted by Gasteiger charge is 2.24. The van der Waals surface area contributed by atoms with Crippen molar-refractivity contribution in [2.24, 2.45) is 0 Å². The van der Waals surface area contributed by atoms with E-state index < -0.39 is 17.9 Å². The number of carbonyl (C=O) groups is 2. The molecule has 0 aliphatic rings. The van der Waals surface area contributed by atoms with Crippen LogP contribution in [-0.4, -0.2) is 30.0 Å². The maximum absolute atomic E-state index is 12.5. The molecule has 0 saturated carbocycles. The van der Waals surface area contributed by atoms with E-state index in [0.717, 1.165) is 5.56 Å². The van der Waals surface area contributed by atoms with E-state index in [1.807, 2.05) is 0 Å². The van der Waals surface area contributed by atoms with Gasteiger partial charge in [0.1, 0.15) is 12.3 Å². The van der Waals surface area contributed by atoms with Gasteiger partial charge in [0.25, 0.3) is 5.91 Å². The Morgan fingerprint density at radius 3 is 2.50 bits per heavy atom. The first-order valence-corrected chi connectivity index (χ1v) is 8.78. The first-order valence-electron chi connectivity index (χ1n) is 8.41. The van der Waals surface area contributed by atoms with Crippen LogP contribution in [0.2, 0.25) is 5.02 Å². The van der Waals surface area contributed by atoms with Gasteiger partial charge in [-0.3, -0.25) is 4.79 Å². The Balaban J connectivity index is 1.73. The van der Waals surface area contributed by atoms with Gasteiger partial charge in [0.05, 0.1) is 7.11 Å². The van der Waals surface area contributed by atoms with E-state index in [4.69, 9.17) is 26.5 Å². The zero-order chi connectivity index (χ0) is 20.1. The SMILES string of the molecule is COC(=O)C(Cc1ccc(Cl)cc1)NC(=O)c1coc(-c2ccc(N)cc2)n1. The molecule has 144 valence electrons. The van der Waals surface area contributed by atoms with Crippen LogP contribution in [0, 0.1) is 0 Å². The monoisotopic (exact) mass is 399 g/mol. The Labute approximate surface area is 166 Å². The summed E-state index contributed by atoms with van der Waals surface area (Å²) >= 11 is 5.88. The second-order valence-electron chi connectivity index (χ2n) is 6.04. The number of nitrogens with two attached hydrogens (primary N) is 1. The van der Waals surface area contributed by atoms with Gasteiger partial charge in [-0.2, -0.15) is 0 Å². The molecule has 3 rings (SSSR count). The van der Waals surface area contributed by atoms with Gasteiger partial charge in [0.2, 0.25) is 5.89 Å². The molecule has 28 heavy (non-hydrogen) atoms. The fourth-order valence-corrected chi connectivity index (χ4v) is 2.69.